The molecule has 0 radical (unpaired) electrons. The van der Waals surface area contributed by atoms with E-state index in [1.54, 1.807) is 26.0 Å². The van der Waals surface area contributed by atoms with Crippen LogP contribution in [0, 0.1) is 0 Å². The third kappa shape index (κ3) is 6.28. The minimum Gasteiger partial charge on any atom is -0.495 e. The van der Waals surface area contributed by atoms with Crippen molar-refractivity contribution in [1.29, 1.82) is 0 Å². The summed E-state index contributed by atoms with van der Waals surface area (Å²) in [7, 11) is -2.19. The van der Waals surface area contributed by atoms with Crippen LogP contribution in [0.15, 0.2) is 41.3 Å². The van der Waals surface area contributed by atoms with Crippen LogP contribution >= 0.6 is 35.0 Å². The van der Waals surface area contributed by atoms with Crippen molar-refractivity contribution in [2.24, 2.45) is 0 Å². The van der Waals surface area contributed by atoms with Gasteiger partial charge in [-0.25, -0.2) is 8.42 Å². The molecule has 0 saturated heterocycles. The molecule has 1 N–H and O–H groups in total. The minimum atomic E-state index is -3.65. The average Bonchev–Trinajstić information content (AvgIpc) is 2.71. The number of rotatable bonds is 10. The minimum absolute atomic E-state index is 0.103. The van der Waals surface area contributed by atoms with E-state index in [0.717, 1.165) is 5.56 Å². The Bertz CT molecular complexity index is 996. The van der Waals surface area contributed by atoms with Gasteiger partial charge in [0.15, 0.2) is 0 Å². The first-order valence-electron chi connectivity index (χ1n) is 9.22. The zero-order valence-electron chi connectivity index (χ0n) is 16.9. The molecule has 0 bridgehead atoms. The molecule has 30 heavy (non-hydrogen) atoms. The Morgan fingerprint density at radius 3 is 2.40 bits per heavy atom. The van der Waals surface area contributed by atoms with Gasteiger partial charge >= 0.3 is 0 Å². The second-order valence-electron chi connectivity index (χ2n) is 6.24. The Morgan fingerprint density at radius 1 is 1.10 bits per heavy atom. The summed E-state index contributed by atoms with van der Waals surface area (Å²) in [6.45, 7) is 4.27. The van der Waals surface area contributed by atoms with Gasteiger partial charge in [0.2, 0.25) is 15.9 Å². The number of methoxy groups -OCH3 is 1. The van der Waals surface area contributed by atoms with Crippen LogP contribution in [-0.4, -0.2) is 44.6 Å². The van der Waals surface area contributed by atoms with Crippen molar-refractivity contribution in [2.45, 2.75) is 24.5 Å². The van der Waals surface area contributed by atoms with Crippen LogP contribution in [0.5, 0.6) is 5.75 Å². The topological polar surface area (TPSA) is 75.7 Å². The molecule has 0 fully saturated rings. The monoisotopic (exact) mass is 490 g/mol. The number of hydrogen-bond donors (Lipinski definition) is 1. The summed E-state index contributed by atoms with van der Waals surface area (Å²) in [5.74, 6) is 0.876. The van der Waals surface area contributed by atoms with Crippen molar-refractivity contribution in [3.8, 4) is 5.75 Å². The molecule has 2 rings (SSSR count). The van der Waals surface area contributed by atoms with Crippen LogP contribution in [0.3, 0.4) is 0 Å². The smallest absolute Gasteiger partial charge is 0.243 e. The average molecular weight is 491 g/mol. The van der Waals surface area contributed by atoms with E-state index >= 15 is 0 Å². The molecular formula is C20H24Cl2N2O4S2. The van der Waals surface area contributed by atoms with E-state index in [0.29, 0.717) is 40.3 Å². The van der Waals surface area contributed by atoms with Crippen molar-refractivity contribution < 1.29 is 17.9 Å². The van der Waals surface area contributed by atoms with Gasteiger partial charge in [-0.15, -0.1) is 11.8 Å². The van der Waals surface area contributed by atoms with Gasteiger partial charge in [0.1, 0.15) is 5.75 Å². The Morgan fingerprint density at radius 2 is 1.80 bits per heavy atom. The SMILES string of the molecule is CCN(CC)S(=O)(=O)c1ccc(OC)c(NC(=O)CSCc2ccc(Cl)c(Cl)c2)c1. The third-order valence-corrected chi connectivity index (χ3v) is 8.06. The van der Waals surface area contributed by atoms with Crippen LogP contribution in [0.2, 0.25) is 10.0 Å². The van der Waals surface area contributed by atoms with Gasteiger partial charge in [0.05, 0.1) is 33.5 Å². The molecule has 0 spiro atoms. The van der Waals surface area contributed by atoms with E-state index in [2.05, 4.69) is 5.32 Å². The lowest BCUT2D eigenvalue weighted by molar-refractivity contribution is -0.113. The molecule has 0 aliphatic carbocycles. The molecule has 0 aliphatic heterocycles. The Balaban J connectivity index is 2.08. The van der Waals surface area contributed by atoms with Crippen molar-refractivity contribution in [3.63, 3.8) is 0 Å². The zero-order valence-corrected chi connectivity index (χ0v) is 20.1. The van der Waals surface area contributed by atoms with E-state index in [9.17, 15) is 13.2 Å². The number of carbonyl (C=O) groups excluding carboxylic acids is 1. The maximum atomic E-state index is 12.8. The number of thioether (sulfide) groups is 1. The molecule has 10 heteroatoms. The van der Waals surface area contributed by atoms with Gasteiger partial charge in [0, 0.05) is 18.8 Å². The predicted octanol–water partition coefficient (Wildman–Crippen LogP) is 4.90. The molecule has 0 atom stereocenters. The summed E-state index contributed by atoms with van der Waals surface area (Å²) in [5.41, 5.74) is 1.26. The summed E-state index contributed by atoms with van der Waals surface area (Å²) in [6.07, 6.45) is 0. The normalized spacial score (nSPS) is 11.5. The lowest BCUT2D eigenvalue weighted by Gasteiger charge is -2.19. The van der Waals surface area contributed by atoms with E-state index in [4.69, 9.17) is 27.9 Å². The fourth-order valence-corrected chi connectivity index (χ4v) is 5.32. The molecule has 6 nitrogen and oxygen atoms in total. The summed E-state index contributed by atoms with van der Waals surface area (Å²) >= 11 is 13.3. The van der Waals surface area contributed by atoms with E-state index < -0.39 is 10.0 Å². The van der Waals surface area contributed by atoms with Crippen LogP contribution in [0.1, 0.15) is 19.4 Å². The van der Waals surface area contributed by atoms with Crippen LogP contribution in [-0.2, 0) is 20.6 Å². The largest absolute Gasteiger partial charge is 0.495 e. The number of ether oxygens (including phenoxy) is 1. The van der Waals surface area contributed by atoms with Crippen LogP contribution in [0.4, 0.5) is 5.69 Å². The fourth-order valence-electron chi connectivity index (χ4n) is 2.74. The number of carbonyl (C=O) groups is 1. The van der Waals surface area contributed by atoms with Crippen LogP contribution in [0.25, 0.3) is 0 Å². The lowest BCUT2D eigenvalue weighted by Crippen LogP contribution is -2.30. The van der Waals surface area contributed by atoms with Gasteiger partial charge in [-0.05, 0) is 35.9 Å². The second-order valence-corrected chi connectivity index (χ2v) is 9.98. The first-order valence-corrected chi connectivity index (χ1v) is 12.6. The molecule has 0 saturated carbocycles. The molecule has 0 aromatic heterocycles. The summed E-state index contributed by atoms with van der Waals surface area (Å²) in [4.78, 5) is 12.5. The van der Waals surface area contributed by atoms with E-state index in [1.807, 2.05) is 6.07 Å². The van der Waals surface area contributed by atoms with Crippen molar-refractivity contribution in [3.05, 3.63) is 52.0 Å². The van der Waals surface area contributed by atoms with Gasteiger partial charge in [-0.1, -0.05) is 43.1 Å². The second kappa shape index (κ2) is 11.2. The highest BCUT2D eigenvalue weighted by Crippen LogP contribution is 2.29. The van der Waals surface area contributed by atoms with Crippen molar-refractivity contribution in [2.75, 3.05) is 31.3 Å². The predicted molar refractivity (Wildman–Crippen MR) is 124 cm³/mol. The van der Waals surface area contributed by atoms with Gasteiger partial charge in [-0.2, -0.15) is 4.31 Å². The highest BCUT2D eigenvalue weighted by Gasteiger charge is 2.23. The molecule has 2 aromatic rings. The quantitative estimate of drug-likeness (QED) is 0.512. The van der Waals surface area contributed by atoms with Crippen molar-refractivity contribution in [1.82, 2.24) is 4.31 Å². The number of benzene rings is 2. The molecule has 164 valence electrons. The maximum absolute atomic E-state index is 12.8. The standard InChI is InChI=1S/C20H24Cl2N2O4S2/c1-4-24(5-2)30(26,27)15-7-9-19(28-3)18(11-15)23-20(25)13-29-12-14-6-8-16(21)17(22)10-14/h6-11H,4-5,12-13H2,1-3H3,(H,23,25). The van der Waals surface area contributed by atoms with Gasteiger partial charge < -0.3 is 10.1 Å². The number of nitrogens with zero attached hydrogens (tertiary/aromatic N) is 1. The first kappa shape index (κ1) is 24.8. The Labute approximate surface area is 191 Å². The van der Waals surface area contributed by atoms with Crippen molar-refractivity contribution >= 4 is 56.6 Å². The Kier molecular flexibility index (Phi) is 9.31. The number of amides is 1. The summed E-state index contributed by atoms with van der Waals surface area (Å²) < 4.78 is 32.1. The summed E-state index contributed by atoms with van der Waals surface area (Å²) in [5, 5.41) is 3.69. The number of nitrogens with one attached hydrogen (secondary N) is 1. The molecule has 0 unspecified atom stereocenters. The number of halogens is 2. The molecule has 0 aliphatic rings. The molecule has 1 amide bonds. The third-order valence-electron chi connectivity index (χ3n) is 4.27. The fraction of sp³-hybridized carbons (Fsp3) is 0.350. The maximum Gasteiger partial charge on any atom is 0.243 e. The highest BCUT2D eigenvalue weighted by molar-refractivity contribution is 7.99. The molecule has 0 heterocycles. The van der Waals surface area contributed by atoms with E-state index in [-0.39, 0.29) is 16.6 Å². The molecule has 2 aromatic carbocycles. The highest BCUT2D eigenvalue weighted by atomic mass is 35.5. The zero-order chi connectivity index (χ0) is 22.3. The van der Waals surface area contributed by atoms with Crippen LogP contribution < -0.4 is 10.1 Å². The molecular weight excluding hydrogens is 467 g/mol. The number of hydrogen-bond acceptors (Lipinski definition) is 5. The van der Waals surface area contributed by atoms with Gasteiger partial charge in [0.25, 0.3) is 0 Å². The van der Waals surface area contributed by atoms with Gasteiger partial charge in [-0.3, -0.25) is 4.79 Å². The number of sulfonamides is 1. The lowest BCUT2D eigenvalue weighted by atomic mass is 10.2. The Hall–Kier alpha value is -1.45. The number of anilines is 1. The first-order chi connectivity index (χ1) is 14.2. The van der Waals surface area contributed by atoms with E-state index in [1.165, 1.54) is 41.4 Å². The summed E-state index contributed by atoms with van der Waals surface area (Å²) in [6, 6.07) is 9.76.